The van der Waals surface area contributed by atoms with Gasteiger partial charge in [0.15, 0.2) is 0 Å². The van der Waals surface area contributed by atoms with Gasteiger partial charge in [-0.05, 0) is 63.2 Å². The molecular weight excluding hydrogens is 574 g/mol. The van der Waals surface area contributed by atoms with Gasteiger partial charge in [-0.1, -0.05) is 131 Å². The van der Waals surface area contributed by atoms with Crippen LogP contribution in [-0.4, -0.2) is 4.57 Å². The molecule has 1 nitrogen and oxygen atoms in total. The minimum atomic E-state index is -0.405. The van der Waals surface area contributed by atoms with Crippen LogP contribution >= 0.6 is 27.5 Å². The monoisotopic (exact) mass is 593 g/mol. The topological polar surface area (TPSA) is 4.93 Å². The molecule has 7 aromatic rings. The van der Waals surface area contributed by atoms with Gasteiger partial charge < -0.3 is 4.57 Å². The van der Waals surface area contributed by atoms with Crippen LogP contribution in [0.1, 0.15) is 22.3 Å². The predicted molar refractivity (Wildman–Crippen MR) is 170 cm³/mol. The zero-order valence-electron chi connectivity index (χ0n) is 21.3. The van der Waals surface area contributed by atoms with Crippen molar-refractivity contribution < 1.29 is 0 Å². The molecule has 0 aliphatic heterocycles. The highest BCUT2D eigenvalue weighted by molar-refractivity contribution is 9.10. The quantitative estimate of drug-likeness (QED) is 0.178. The van der Waals surface area contributed by atoms with Gasteiger partial charge in [0.2, 0.25) is 0 Å². The number of halogens is 2. The van der Waals surface area contributed by atoms with Gasteiger partial charge in [-0.2, -0.15) is 0 Å². The van der Waals surface area contributed by atoms with Gasteiger partial charge in [0.1, 0.15) is 0 Å². The fourth-order valence-electron chi connectivity index (χ4n) is 7.56. The fraction of sp³-hybridized carbons (Fsp3) is 0.0270. The lowest BCUT2D eigenvalue weighted by Crippen LogP contribution is -2.25. The summed E-state index contributed by atoms with van der Waals surface area (Å²) in [6.07, 6.45) is 0. The highest BCUT2D eigenvalue weighted by Crippen LogP contribution is 2.64. The lowest BCUT2D eigenvalue weighted by atomic mass is 9.70. The molecule has 0 unspecified atom stereocenters. The van der Waals surface area contributed by atoms with Crippen molar-refractivity contribution in [2.75, 3.05) is 0 Å². The number of para-hydroxylation sites is 2. The van der Waals surface area contributed by atoms with Gasteiger partial charge in [-0.15, -0.1) is 0 Å². The van der Waals surface area contributed by atoms with Crippen LogP contribution in [0.15, 0.2) is 132 Å². The van der Waals surface area contributed by atoms with Crippen LogP contribution in [-0.2, 0) is 5.41 Å². The van der Waals surface area contributed by atoms with Crippen molar-refractivity contribution in [1.82, 2.24) is 4.57 Å². The molecule has 1 spiro atoms. The Labute approximate surface area is 245 Å². The van der Waals surface area contributed by atoms with Gasteiger partial charge in [0.25, 0.3) is 0 Å². The summed E-state index contributed by atoms with van der Waals surface area (Å²) in [6, 6.07) is 46.1. The molecular formula is C37H21BrClN. The molecule has 6 aromatic carbocycles. The van der Waals surface area contributed by atoms with Gasteiger partial charge in [-0.3, -0.25) is 0 Å². The van der Waals surface area contributed by atoms with Crippen molar-refractivity contribution in [3.05, 3.63) is 159 Å². The second-order valence-electron chi connectivity index (χ2n) is 10.7. The second kappa shape index (κ2) is 7.97. The molecule has 9 rings (SSSR count). The molecule has 0 bridgehead atoms. The maximum Gasteiger partial charge on any atom is 0.0726 e. The molecule has 40 heavy (non-hydrogen) atoms. The number of benzene rings is 6. The number of aromatic nitrogens is 1. The van der Waals surface area contributed by atoms with Crippen LogP contribution in [0.2, 0.25) is 5.02 Å². The molecule has 3 heteroatoms. The molecule has 1 aromatic heterocycles. The average Bonchev–Trinajstić information content (AvgIpc) is 3.60. The molecule has 2 aliphatic carbocycles. The summed E-state index contributed by atoms with van der Waals surface area (Å²) >= 11 is 11.0. The molecule has 0 N–H and O–H groups in total. The largest absolute Gasteiger partial charge is 0.307 e. The first kappa shape index (κ1) is 22.7. The lowest BCUT2D eigenvalue weighted by molar-refractivity contribution is 0.793. The Hall–Kier alpha value is -4.11. The van der Waals surface area contributed by atoms with Crippen molar-refractivity contribution in [3.63, 3.8) is 0 Å². The third-order valence-electron chi connectivity index (χ3n) is 8.94. The van der Waals surface area contributed by atoms with Crippen LogP contribution in [0.25, 0.3) is 49.7 Å². The zero-order chi connectivity index (χ0) is 26.6. The number of hydrogen-bond acceptors (Lipinski definition) is 0. The maximum absolute atomic E-state index is 6.93. The lowest BCUT2D eigenvalue weighted by Gasteiger charge is -2.30. The molecule has 0 fully saturated rings. The van der Waals surface area contributed by atoms with E-state index in [-0.39, 0.29) is 0 Å². The van der Waals surface area contributed by atoms with E-state index in [1.165, 1.54) is 60.8 Å². The van der Waals surface area contributed by atoms with E-state index in [0.29, 0.717) is 0 Å². The predicted octanol–water partition coefficient (Wildman–Crippen LogP) is 10.5. The normalized spacial score (nSPS) is 13.9. The van der Waals surface area contributed by atoms with Gasteiger partial charge in [-0.25, -0.2) is 0 Å². The molecule has 188 valence electrons. The first-order chi connectivity index (χ1) is 19.7. The van der Waals surface area contributed by atoms with Gasteiger partial charge in [0, 0.05) is 20.8 Å². The van der Waals surface area contributed by atoms with Crippen molar-refractivity contribution in [2.45, 2.75) is 5.41 Å². The van der Waals surface area contributed by atoms with E-state index < -0.39 is 5.41 Å². The number of fused-ring (bicyclic) bond motifs is 14. The van der Waals surface area contributed by atoms with Gasteiger partial charge in [0.05, 0.1) is 27.2 Å². The highest BCUT2D eigenvalue weighted by atomic mass is 79.9. The smallest absolute Gasteiger partial charge is 0.0726 e. The average molecular weight is 595 g/mol. The van der Waals surface area contributed by atoms with Crippen molar-refractivity contribution in [1.29, 1.82) is 0 Å². The fourth-order valence-corrected chi connectivity index (χ4v) is 8.41. The van der Waals surface area contributed by atoms with Crippen LogP contribution in [0, 0.1) is 0 Å². The first-order valence-electron chi connectivity index (χ1n) is 13.5. The van der Waals surface area contributed by atoms with E-state index in [2.05, 4.69) is 136 Å². The zero-order valence-corrected chi connectivity index (χ0v) is 23.7. The van der Waals surface area contributed by atoms with Crippen LogP contribution < -0.4 is 0 Å². The molecule has 0 radical (unpaired) electrons. The Morgan fingerprint density at radius 3 is 1.82 bits per heavy atom. The van der Waals surface area contributed by atoms with E-state index in [1.807, 2.05) is 12.1 Å². The maximum atomic E-state index is 6.93. The molecule has 0 saturated heterocycles. The number of hydrogen-bond donors (Lipinski definition) is 0. The molecule has 1 heterocycles. The highest BCUT2D eigenvalue weighted by Gasteiger charge is 2.52. The number of nitrogens with zero attached hydrogens (tertiary/aromatic N) is 1. The summed E-state index contributed by atoms with van der Waals surface area (Å²) in [7, 11) is 0. The van der Waals surface area contributed by atoms with E-state index in [0.717, 1.165) is 20.7 Å². The Morgan fingerprint density at radius 2 is 1.12 bits per heavy atom. The molecule has 0 amide bonds. The summed E-state index contributed by atoms with van der Waals surface area (Å²) < 4.78 is 3.47. The molecule has 2 aliphatic rings. The van der Waals surface area contributed by atoms with Crippen LogP contribution in [0.3, 0.4) is 0 Å². The van der Waals surface area contributed by atoms with E-state index in [9.17, 15) is 0 Å². The summed E-state index contributed by atoms with van der Waals surface area (Å²) in [6.45, 7) is 0. The Balaban J connectivity index is 1.56. The SMILES string of the molecule is Clc1ccccc1-n1c2ccccc2c2c(Br)cc3c(c21)-c1ccccc1C31c2ccccc2-c2ccccc21. The van der Waals surface area contributed by atoms with Crippen molar-refractivity contribution in [3.8, 4) is 27.9 Å². The first-order valence-corrected chi connectivity index (χ1v) is 14.7. The summed E-state index contributed by atoms with van der Waals surface area (Å²) in [4.78, 5) is 0. The number of rotatable bonds is 1. The molecule has 0 saturated carbocycles. The van der Waals surface area contributed by atoms with Crippen LogP contribution in [0.4, 0.5) is 0 Å². The Morgan fingerprint density at radius 1 is 0.575 bits per heavy atom. The van der Waals surface area contributed by atoms with Gasteiger partial charge >= 0.3 is 0 Å². The van der Waals surface area contributed by atoms with Crippen LogP contribution in [0.5, 0.6) is 0 Å². The summed E-state index contributed by atoms with van der Waals surface area (Å²) in [5.41, 5.74) is 13.4. The van der Waals surface area contributed by atoms with E-state index >= 15 is 0 Å². The minimum absolute atomic E-state index is 0.405. The second-order valence-corrected chi connectivity index (χ2v) is 12.0. The Bertz CT molecular complexity index is 2160. The van der Waals surface area contributed by atoms with Crippen molar-refractivity contribution >= 4 is 49.3 Å². The summed E-state index contributed by atoms with van der Waals surface area (Å²) in [5.74, 6) is 0. The Kier molecular flexibility index (Phi) is 4.52. The third kappa shape index (κ3) is 2.59. The van der Waals surface area contributed by atoms with E-state index in [1.54, 1.807) is 0 Å². The third-order valence-corrected chi connectivity index (χ3v) is 9.89. The van der Waals surface area contributed by atoms with Crippen molar-refractivity contribution in [2.24, 2.45) is 0 Å². The van der Waals surface area contributed by atoms with E-state index in [4.69, 9.17) is 11.6 Å². The minimum Gasteiger partial charge on any atom is -0.307 e. The summed E-state index contributed by atoms with van der Waals surface area (Å²) in [5, 5.41) is 3.15. The standard InChI is InChI=1S/C37H21BrClN/c38-30-21-29-34(36-35(30)25-14-4-9-19-32(25)40(36)33-20-10-8-18-31(33)39)24-13-3-7-17-28(24)37(29)26-15-5-1-11-22(26)23-12-2-6-16-27(23)37/h1-21H. The molecule has 0 atom stereocenters.